The van der Waals surface area contributed by atoms with Crippen molar-refractivity contribution in [3.05, 3.63) is 11.3 Å². The number of hydrogen-bond acceptors (Lipinski definition) is 2. The van der Waals surface area contributed by atoms with E-state index in [1.165, 1.54) is 30.5 Å². The van der Waals surface area contributed by atoms with Crippen molar-refractivity contribution in [1.29, 1.82) is 0 Å². The molecule has 3 nitrogen and oxygen atoms in total. The maximum Gasteiger partial charge on any atom is 0.414 e. The zero-order valence-corrected chi connectivity index (χ0v) is 9.58. The number of amides is 1. The first-order valence-electron chi connectivity index (χ1n) is 5.91. The van der Waals surface area contributed by atoms with Crippen LogP contribution in [0.25, 0.3) is 0 Å². The van der Waals surface area contributed by atoms with Gasteiger partial charge in [0.25, 0.3) is 0 Å². The lowest BCUT2D eigenvalue weighted by Crippen LogP contribution is -2.22. The fourth-order valence-electron chi connectivity index (χ4n) is 2.31. The summed E-state index contributed by atoms with van der Waals surface area (Å²) in [6, 6.07) is 0.382. The highest BCUT2D eigenvalue weighted by Crippen LogP contribution is 2.42. The summed E-state index contributed by atoms with van der Waals surface area (Å²) in [5.41, 5.74) is 2.63. The third-order valence-electron chi connectivity index (χ3n) is 3.23. The molecule has 1 atom stereocenters. The van der Waals surface area contributed by atoms with Crippen molar-refractivity contribution in [3.63, 3.8) is 0 Å². The van der Waals surface area contributed by atoms with E-state index in [4.69, 9.17) is 4.74 Å². The molecule has 0 radical (unpaired) electrons. The third kappa shape index (κ3) is 2.01. The lowest BCUT2D eigenvalue weighted by Gasteiger charge is -2.09. The van der Waals surface area contributed by atoms with Crippen molar-refractivity contribution in [1.82, 2.24) is 4.90 Å². The number of fused-ring (bicyclic) bond motifs is 1. The van der Waals surface area contributed by atoms with E-state index in [2.05, 4.69) is 13.8 Å². The van der Waals surface area contributed by atoms with Gasteiger partial charge in [-0.1, -0.05) is 25.3 Å². The quantitative estimate of drug-likeness (QED) is 0.526. The maximum absolute atomic E-state index is 11.4. The van der Waals surface area contributed by atoms with Gasteiger partial charge in [0.1, 0.15) is 0 Å². The summed E-state index contributed by atoms with van der Waals surface area (Å²) in [5.74, 6) is 0. The van der Waals surface area contributed by atoms with Gasteiger partial charge in [-0.3, -0.25) is 4.90 Å². The van der Waals surface area contributed by atoms with Crippen LogP contribution in [-0.4, -0.2) is 23.6 Å². The zero-order chi connectivity index (χ0) is 10.8. The van der Waals surface area contributed by atoms with Crippen LogP contribution in [0.2, 0.25) is 0 Å². The molecule has 3 heteroatoms. The van der Waals surface area contributed by atoms with Crippen LogP contribution >= 0.6 is 0 Å². The minimum Gasteiger partial charge on any atom is -0.449 e. The van der Waals surface area contributed by atoms with Gasteiger partial charge in [-0.05, 0) is 19.8 Å². The predicted octanol–water partition coefficient (Wildman–Crippen LogP) is 3.07. The molecule has 2 rings (SSSR count). The van der Waals surface area contributed by atoms with E-state index in [9.17, 15) is 4.79 Å². The van der Waals surface area contributed by atoms with E-state index in [0.29, 0.717) is 12.6 Å². The molecule has 1 amide bonds. The molecule has 1 unspecified atom stereocenters. The fraction of sp³-hybridized carbons (Fsp3) is 0.750. The number of ether oxygens (including phenoxy) is 1. The molecule has 2 aliphatic rings. The van der Waals surface area contributed by atoms with E-state index in [1.807, 2.05) is 4.90 Å². The minimum absolute atomic E-state index is 0.143. The Labute approximate surface area is 91.1 Å². The number of rotatable bonds is 4. The van der Waals surface area contributed by atoms with Gasteiger partial charge in [0, 0.05) is 12.1 Å². The molecular weight excluding hydrogens is 190 g/mol. The van der Waals surface area contributed by atoms with Crippen molar-refractivity contribution in [2.24, 2.45) is 0 Å². The summed E-state index contributed by atoms with van der Waals surface area (Å²) in [7, 11) is 0. The fourth-order valence-corrected chi connectivity index (χ4v) is 2.31. The van der Waals surface area contributed by atoms with Gasteiger partial charge in [0.2, 0.25) is 0 Å². The largest absolute Gasteiger partial charge is 0.449 e. The first-order chi connectivity index (χ1) is 7.25. The Hall–Kier alpha value is -0.990. The Kier molecular flexibility index (Phi) is 2.98. The molecule has 15 heavy (non-hydrogen) atoms. The molecule has 0 saturated carbocycles. The summed E-state index contributed by atoms with van der Waals surface area (Å²) < 4.78 is 4.99. The molecule has 2 saturated heterocycles. The Morgan fingerprint density at radius 3 is 3.00 bits per heavy atom. The minimum atomic E-state index is -0.143. The summed E-state index contributed by atoms with van der Waals surface area (Å²) in [6.45, 7) is 4.95. The Balaban J connectivity index is 1.93. The second kappa shape index (κ2) is 4.25. The first kappa shape index (κ1) is 10.5. The second-order valence-electron chi connectivity index (χ2n) is 4.41. The predicted molar refractivity (Wildman–Crippen MR) is 58.4 cm³/mol. The number of carbonyl (C=O) groups is 1. The van der Waals surface area contributed by atoms with E-state index < -0.39 is 0 Å². The van der Waals surface area contributed by atoms with Crippen LogP contribution < -0.4 is 0 Å². The highest BCUT2D eigenvalue weighted by Gasteiger charge is 2.50. The monoisotopic (exact) mass is 209 g/mol. The third-order valence-corrected chi connectivity index (χ3v) is 3.23. The van der Waals surface area contributed by atoms with Crippen molar-refractivity contribution < 1.29 is 9.53 Å². The summed E-state index contributed by atoms with van der Waals surface area (Å²) in [4.78, 5) is 13.2. The number of unbranched alkanes of at least 4 members (excludes halogenated alkanes) is 2. The Bertz CT molecular complexity index is 296. The van der Waals surface area contributed by atoms with Crippen molar-refractivity contribution in [2.75, 3.05) is 6.61 Å². The van der Waals surface area contributed by atoms with E-state index in [0.717, 1.165) is 12.8 Å². The van der Waals surface area contributed by atoms with Gasteiger partial charge >= 0.3 is 6.09 Å². The molecule has 0 spiro atoms. The molecule has 0 aromatic rings. The SMILES string of the molecule is CCCCC/C(C)=C1\C2CCOC(=O)N12. The lowest BCUT2D eigenvalue weighted by atomic mass is 10.1. The average Bonchev–Trinajstić information content (AvgIpc) is 2.94. The Morgan fingerprint density at radius 2 is 2.33 bits per heavy atom. The maximum atomic E-state index is 11.4. The van der Waals surface area contributed by atoms with Crippen LogP contribution in [0.15, 0.2) is 11.3 Å². The normalized spacial score (nSPS) is 27.2. The van der Waals surface area contributed by atoms with Crippen molar-refractivity contribution in [3.8, 4) is 0 Å². The van der Waals surface area contributed by atoms with Crippen LogP contribution in [0.4, 0.5) is 4.79 Å². The highest BCUT2D eigenvalue weighted by molar-refractivity contribution is 5.77. The smallest absolute Gasteiger partial charge is 0.414 e. The van der Waals surface area contributed by atoms with Crippen LogP contribution in [0.5, 0.6) is 0 Å². The number of carbonyl (C=O) groups excluding carboxylic acids is 1. The van der Waals surface area contributed by atoms with Crippen LogP contribution in [0.1, 0.15) is 46.0 Å². The van der Waals surface area contributed by atoms with E-state index in [-0.39, 0.29) is 6.09 Å². The van der Waals surface area contributed by atoms with Gasteiger partial charge < -0.3 is 4.74 Å². The topological polar surface area (TPSA) is 29.3 Å². The Morgan fingerprint density at radius 1 is 1.53 bits per heavy atom. The van der Waals surface area contributed by atoms with Crippen LogP contribution in [0.3, 0.4) is 0 Å². The van der Waals surface area contributed by atoms with Crippen molar-refractivity contribution in [2.45, 2.75) is 52.0 Å². The summed E-state index contributed by atoms with van der Waals surface area (Å²) in [5, 5.41) is 0. The van der Waals surface area contributed by atoms with Gasteiger partial charge in [0.05, 0.1) is 12.6 Å². The number of nitrogens with zero attached hydrogens (tertiary/aromatic N) is 1. The van der Waals surface area contributed by atoms with Crippen LogP contribution in [-0.2, 0) is 4.74 Å². The molecule has 0 bridgehead atoms. The summed E-state index contributed by atoms with van der Waals surface area (Å²) in [6.07, 6.45) is 5.73. The second-order valence-corrected chi connectivity index (χ2v) is 4.41. The van der Waals surface area contributed by atoms with Crippen LogP contribution in [0, 0.1) is 0 Å². The number of hydrogen-bond donors (Lipinski definition) is 0. The standard InChI is InChI=1S/C12H19NO2/c1-3-4-5-6-9(2)11-10-7-8-15-12(14)13(10)11/h10H,3-8H2,1-2H3/b11-9+. The molecule has 0 aliphatic carbocycles. The highest BCUT2D eigenvalue weighted by atomic mass is 16.6. The number of cyclic esters (lactones) is 1. The molecule has 2 fully saturated rings. The van der Waals surface area contributed by atoms with E-state index in [1.54, 1.807) is 0 Å². The van der Waals surface area contributed by atoms with Gasteiger partial charge in [-0.15, -0.1) is 0 Å². The lowest BCUT2D eigenvalue weighted by molar-refractivity contribution is 0.111. The summed E-state index contributed by atoms with van der Waals surface area (Å²) >= 11 is 0. The molecule has 0 aromatic carbocycles. The average molecular weight is 209 g/mol. The molecule has 84 valence electrons. The molecule has 0 N–H and O–H groups in total. The van der Waals surface area contributed by atoms with Gasteiger partial charge in [-0.25, -0.2) is 4.79 Å². The molecular formula is C12H19NO2. The van der Waals surface area contributed by atoms with Gasteiger partial charge in [0.15, 0.2) is 0 Å². The number of allylic oxidation sites excluding steroid dienone is 1. The molecule has 2 aliphatic heterocycles. The first-order valence-corrected chi connectivity index (χ1v) is 5.91. The zero-order valence-electron chi connectivity index (χ0n) is 9.58. The molecule has 2 heterocycles. The van der Waals surface area contributed by atoms with Gasteiger partial charge in [-0.2, -0.15) is 0 Å². The van der Waals surface area contributed by atoms with Crippen molar-refractivity contribution >= 4 is 6.09 Å². The molecule has 0 aromatic heterocycles. The van der Waals surface area contributed by atoms with E-state index >= 15 is 0 Å².